The molecule has 1 amide bonds. The number of nitrogens with one attached hydrogen (secondary N) is 1. The van der Waals surface area contributed by atoms with E-state index in [1.165, 1.54) is 12.3 Å². The molecule has 1 N–H and O–H groups in total. The minimum Gasteiger partial charge on any atom is -0.411 e. The number of anilines is 1. The smallest absolute Gasteiger partial charge is 0.277 e. The zero-order valence-electron chi connectivity index (χ0n) is 13.9. The molecule has 26 heavy (non-hydrogen) atoms. The van der Waals surface area contributed by atoms with E-state index in [0.29, 0.717) is 16.1 Å². The van der Waals surface area contributed by atoms with Crippen molar-refractivity contribution in [2.24, 2.45) is 0 Å². The highest BCUT2D eigenvalue weighted by molar-refractivity contribution is 8.00. The van der Waals surface area contributed by atoms with E-state index in [0.717, 1.165) is 22.9 Å². The van der Waals surface area contributed by atoms with Crippen molar-refractivity contribution in [2.75, 3.05) is 5.32 Å². The predicted molar refractivity (Wildman–Crippen MR) is 103 cm³/mol. The van der Waals surface area contributed by atoms with Crippen LogP contribution in [0.25, 0.3) is 11.5 Å². The van der Waals surface area contributed by atoms with Gasteiger partial charge in [-0.15, -0.1) is 10.2 Å². The van der Waals surface area contributed by atoms with E-state index in [9.17, 15) is 4.79 Å². The summed E-state index contributed by atoms with van der Waals surface area (Å²) >= 11 is 13.0. The number of aryl methyl sites for hydroxylation is 1. The molecule has 0 aliphatic heterocycles. The third kappa shape index (κ3) is 4.35. The lowest BCUT2D eigenvalue weighted by Gasteiger charge is -2.10. The van der Waals surface area contributed by atoms with Crippen molar-refractivity contribution >= 4 is 46.7 Å². The van der Waals surface area contributed by atoms with Crippen molar-refractivity contribution in [3.8, 4) is 11.5 Å². The first-order valence-electron chi connectivity index (χ1n) is 7.62. The molecule has 6 nitrogen and oxygen atoms in total. The largest absolute Gasteiger partial charge is 0.411 e. The van der Waals surface area contributed by atoms with Crippen molar-refractivity contribution in [2.45, 2.75) is 24.3 Å². The lowest BCUT2D eigenvalue weighted by molar-refractivity contribution is -0.115. The van der Waals surface area contributed by atoms with Crippen molar-refractivity contribution in [1.29, 1.82) is 0 Å². The first-order chi connectivity index (χ1) is 12.4. The normalized spacial score (nSPS) is 12.0. The van der Waals surface area contributed by atoms with Gasteiger partial charge in [-0.25, -0.2) is 4.98 Å². The van der Waals surface area contributed by atoms with E-state index in [4.69, 9.17) is 27.6 Å². The van der Waals surface area contributed by atoms with Gasteiger partial charge in [0.05, 0.1) is 15.3 Å². The summed E-state index contributed by atoms with van der Waals surface area (Å²) < 4.78 is 5.66. The Bertz CT molecular complexity index is 948. The maximum Gasteiger partial charge on any atom is 0.277 e. The van der Waals surface area contributed by atoms with Gasteiger partial charge in [0.15, 0.2) is 5.82 Å². The topological polar surface area (TPSA) is 80.9 Å². The fourth-order valence-electron chi connectivity index (χ4n) is 2.11. The van der Waals surface area contributed by atoms with Crippen molar-refractivity contribution in [3.05, 3.63) is 52.1 Å². The third-order valence-electron chi connectivity index (χ3n) is 3.48. The number of carbonyl (C=O) groups excluding carboxylic acids is 1. The molecule has 2 heterocycles. The number of thioether (sulfide) groups is 1. The molecule has 0 bridgehead atoms. The number of amides is 1. The second kappa shape index (κ2) is 8.07. The Morgan fingerprint density at radius 1 is 1.27 bits per heavy atom. The van der Waals surface area contributed by atoms with Gasteiger partial charge < -0.3 is 9.73 Å². The van der Waals surface area contributed by atoms with E-state index in [-0.39, 0.29) is 16.7 Å². The predicted octanol–water partition coefficient (Wildman–Crippen LogP) is 4.87. The van der Waals surface area contributed by atoms with Gasteiger partial charge in [0.25, 0.3) is 5.22 Å². The van der Waals surface area contributed by atoms with Crippen LogP contribution in [0, 0.1) is 6.92 Å². The highest BCUT2D eigenvalue weighted by Gasteiger charge is 2.20. The zero-order chi connectivity index (χ0) is 18.7. The minimum atomic E-state index is -0.492. The van der Waals surface area contributed by atoms with Crippen molar-refractivity contribution < 1.29 is 9.21 Å². The minimum absolute atomic E-state index is 0.250. The quantitative estimate of drug-likeness (QED) is 0.606. The summed E-state index contributed by atoms with van der Waals surface area (Å²) in [5.41, 5.74) is 1.89. The summed E-state index contributed by atoms with van der Waals surface area (Å²) in [5.74, 6) is 0.377. The lowest BCUT2D eigenvalue weighted by atomic mass is 10.1. The molecule has 0 aliphatic rings. The van der Waals surface area contributed by atoms with Crippen LogP contribution in [0.2, 0.25) is 10.0 Å². The molecule has 1 atom stereocenters. The molecule has 1 aromatic carbocycles. The Morgan fingerprint density at radius 2 is 2.04 bits per heavy atom. The fourth-order valence-corrected chi connectivity index (χ4v) is 3.22. The second-order valence-electron chi connectivity index (χ2n) is 5.42. The van der Waals surface area contributed by atoms with E-state index in [1.807, 2.05) is 31.2 Å². The van der Waals surface area contributed by atoms with E-state index < -0.39 is 5.25 Å². The molecule has 0 radical (unpaired) electrons. The highest BCUT2D eigenvalue weighted by atomic mass is 35.5. The van der Waals surface area contributed by atoms with Gasteiger partial charge >= 0.3 is 0 Å². The summed E-state index contributed by atoms with van der Waals surface area (Å²) in [5, 5.41) is 11.2. The highest BCUT2D eigenvalue weighted by Crippen LogP contribution is 2.29. The molecule has 134 valence electrons. The van der Waals surface area contributed by atoms with E-state index >= 15 is 0 Å². The Kier molecular flexibility index (Phi) is 5.80. The van der Waals surface area contributed by atoms with Crippen LogP contribution in [0.5, 0.6) is 0 Å². The zero-order valence-corrected chi connectivity index (χ0v) is 16.2. The van der Waals surface area contributed by atoms with Crippen LogP contribution >= 0.6 is 35.0 Å². The molecule has 0 saturated heterocycles. The molecular weight excluding hydrogens is 395 g/mol. The van der Waals surface area contributed by atoms with Gasteiger partial charge in [0, 0.05) is 11.8 Å². The monoisotopic (exact) mass is 408 g/mol. The molecule has 0 aliphatic carbocycles. The molecule has 0 spiro atoms. The summed E-state index contributed by atoms with van der Waals surface area (Å²) in [6.07, 6.45) is 1.41. The average molecular weight is 409 g/mol. The van der Waals surface area contributed by atoms with Crippen LogP contribution in [0.15, 0.2) is 46.2 Å². The average Bonchev–Trinajstić information content (AvgIpc) is 3.06. The summed E-state index contributed by atoms with van der Waals surface area (Å²) in [6, 6.07) is 9.22. The van der Waals surface area contributed by atoms with Crippen molar-refractivity contribution in [3.63, 3.8) is 0 Å². The summed E-state index contributed by atoms with van der Waals surface area (Å²) in [6.45, 7) is 3.69. The number of rotatable bonds is 5. The molecule has 1 unspecified atom stereocenters. The molecule has 0 saturated carbocycles. The first-order valence-corrected chi connectivity index (χ1v) is 9.25. The Morgan fingerprint density at radius 3 is 2.77 bits per heavy atom. The number of benzene rings is 1. The maximum absolute atomic E-state index is 12.3. The van der Waals surface area contributed by atoms with Gasteiger partial charge in [-0.2, -0.15) is 0 Å². The van der Waals surface area contributed by atoms with Crippen LogP contribution in [0.3, 0.4) is 0 Å². The number of aromatic nitrogens is 3. The third-order valence-corrected chi connectivity index (χ3v) is 4.91. The van der Waals surface area contributed by atoms with Gasteiger partial charge in [-0.1, -0.05) is 53.2 Å². The van der Waals surface area contributed by atoms with Gasteiger partial charge in [-0.3, -0.25) is 4.79 Å². The van der Waals surface area contributed by atoms with Crippen LogP contribution in [-0.4, -0.2) is 26.3 Å². The lowest BCUT2D eigenvalue weighted by Crippen LogP contribution is -2.23. The molecular formula is C17H14Cl2N4O2S. The number of hydrogen-bond acceptors (Lipinski definition) is 6. The molecule has 0 fully saturated rings. The van der Waals surface area contributed by atoms with Gasteiger partial charge in [0.2, 0.25) is 11.8 Å². The van der Waals surface area contributed by atoms with E-state index in [1.54, 1.807) is 6.92 Å². The number of nitrogens with zero attached hydrogens (tertiary/aromatic N) is 3. The van der Waals surface area contributed by atoms with Gasteiger partial charge in [-0.05, 0) is 31.5 Å². The van der Waals surface area contributed by atoms with Crippen molar-refractivity contribution in [1.82, 2.24) is 15.2 Å². The summed E-state index contributed by atoms with van der Waals surface area (Å²) in [7, 11) is 0. The van der Waals surface area contributed by atoms with Gasteiger partial charge in [0.1, 0.15) is 0 Å². The number of pyridine rings is 1. The summed E-state index contributed by atoms with van der Waals surface area (Å²) in [4.78, 5) is 16.3. The first kappa shape index (κ1) is 18.7. The molecule has 3 rings (SSSR count). The maximum atomic E-state index is 12.3. The fraction of sp³-hybridized carbons (Fsp3) is 0.176. The Labute approximate surface area is 164 Å². The molecule has 9 heteroatoms. The number of hydrogen-bond donors (Lipinski definition) is 1. The Hall–Kier alpha value is -2.09. The Balaban J connectivity index is 1.67. The van der Waals surface area contributed by atoms with Crippen LogP contribution < -0.4 is 5.32 Å². The molecule has 2 aromatic heterocycles. The number of carbonyl (C=O) groups is 1. The second-order valence-corrected chi connectivity index (χ2v) is 7.56. The SMILES string of the molecule is Cc1ccccc1-c1nnc(SC(C)C(=O)Nc2ncc(Cl)cc2Cl)o1. The standard InChI is InChI=1S/C17H14Cl2N4O2S/c1-9-5-3-4-6-12(9)16-22-23-17(25-16)26-10(2)15(24)21-14-13(19)7-11(18)8-20-14/h3-8,10H,1-2H3,(H,20,21,24). The van der Waals surface area contributed by atoms with Crippen LogP contribution in [0.4, 0.5) is 5.82 Å². The van der Waals surface area contributed by atoms with Crippen LogP contribution in [-0.2, 0) is 4.79 Å². The van der Waals surface area contributed by atoms with E-state index in [2.05, 4.69) is 20.5 Å². The number of halogens is 2. The molecule has 3 aromatic rings. The van der Waals surface area contributed by atoms with Crippen LogP contribution in [0.1, 0.15) is 12.5 Å².